The van der Waals surface area contributed by atoms with Gasteiger partial charge in [0.05, 0.1) is 12.7 Å². The van der Waals surface area contributed by atoms with E-state index < -0.39 is 29.8 Å². The van der Waals surface area contributed by atoms with Crippen LogP contribution >= 0.6 is 0 Å². The molecule has 2 fully saturated rings. The van der Waals surface area contributed by atoms with Crippen LogP contribution in [0.2, 0.25) is 0 Å². The van der Waals surface area contributed by atoms with Gasteiger partial charge in [-0.05, 0) is 0 Å². The number of fused-ring (bicyclic) bond motifs is 2. The van der Waals surface area contributed by atoms with Crippen LogP contribution in [-0.4, -0.2) is 42.2 Å². The molecule has 1 aliphatic carbocycles. The maximum absolute atomic E-state index is 13.3. The number of hydrogen-bond donors (Lipinski definition) is 1. The fourth-order valence-corrected chi connectivity index (χ4v) is 2.20. The van der Waals surface area contributed by atoms with Gasteiger partial charge >= 0.3 is 5.97 Å². The maximum Gasteiger partial charge on any atom is 0.302 e. The lowest BCUT2D eigenvalue weighted by Gasteiger charge is -2.27. The maximum atomic E-state index is 13.3. The first-order chi connectivity index (χ1) is 6.55. The topological polar surface area (TPSA) is 55.8 Å². The van der Waals surface area contributed by atoms with E-state index in [4.69, 9.17) is 9.47 Å². The fourth-order valence-electron chi connectivity index (χ4n) is 2.20. The average molecular weight is 204 g/mol. The van der Waals surface area contributed by atoms with Crippen LogP contribution in [0.25, 0.3) is 0 Å². The van der Waals surface area contributed by atoms with Crippen molar-refractivity contribution in [3.8, 4) is 0 Å². The smallest absolute Gasteiger partial charge is 0.302 e. The molecule has 0 spiro atoms. The van der Waals surface area contributed by atoms with Crippen molar-refractivity contribution in [1.82, 2.24) is 0 Å². The van der Waals surface area contributed by atoms with E-state index in [1.54, 1.807) is 0 Å². The Labute approximate surface area is 81.0 Å². The largest absolute Gasteiger partial charge is 0.463 e. The molecule has 2 bridgehead atoms. The fraction of sp³-hybridized carbons (Fsp3) is 0.889. The number of rotatable bonds is 2. The van der Waals surface area contributed by atoms with Crippen LogP contribution < -0.4 is 0 Å². The molecular weight excluding hydrogens is 191 g/mol. The molecule has 80 valence electrons. The summed E-state index contributed by atoms with van der Waals surface area (Å²) in [6.45, 7) is 1.43. The molecule has 0 aromatic carbocycles. The summed E-state index contributed by atoms with van der Waals surface area (Å²) in [5, 5.41) is 9.71. The Kier molecular flexibility index (Phi) is 2.23. The van der Waals surface area contributed by atoms with Gasteiger partial charge in [0.2, 0.25) is 0 Å². The summed E-state index contributed by atoms with van der Waals surface area (Å²) in [6.07, 6.45) is -1.78. The van der Waals surface area contributed by atoms with Crippen molar-refractivity contribution in [3.63, 3.8) is 0 Å². The van der Waals surface area contributed by atoms with Gasteiger partial charge in [-0.3, -0.25) is 4.79 Å². The highest BCUT2D eigenvalue weighted by Gasteiger charge is 2.60. The zero-order valence-corrected chi connectivity index (χ0v) is 7.90. The normalized spacial score (nSPS) is 45.5. The van der Waals surface area contributed by atoms with Crippen LogP contribution in [0, 0.1) is 5.92 Å². The first kappa shape index (κ1) is 9.86. The summed E-state index contributed by atoms with van der Waals surface area (Å²) in [4.78, 5) is 10.6. The second-order valence-corrected chi connectivity index (χ2v) is 3.98. The minimum absolute atomic E-state index is 0.0551. The molecule has 0 radical (unpaired) electrons. The van der Waals surface area contributed by atoms with E-state index in [1.807, 2.05) is 0 Å². The molecule has 4 nitrogen and oxygen atoms in total. The third kappa shape index (κ3) is 1.31. The third-order valence-electron chi connectivity index (χ3n) is 3.03. The van der Waals surface area contributed by atoms with Gasteiger partial charge in [-0.2, -0.15) is 0 Å². The lowest BCUT2D eigenvalue weighted by molar-refractivity contribution is -0.156. The predicted octanol–water partition coefficient (Wildman–Crippen LogP) is 0.0374. The summed E-state index contributed by atoms with van der Waals surface area (Å²) >= 11 is 0. The van der Waals surface area contributed by atoms with Crippen molar-refractivity contribution in [2.24, 2.45) is 5.92 Å². The molecule has 2 aliphatic rings. The first-order valence-corrected chi connectivity index (χ1v) is 4.65. The zero-order valence-electron chi connectivity index (χ0n) is 7.90. The predicted molar refractivity (Wildman–Crippen MR) is 44.3 cm³/mol. The molecular formula is C9H13FO4. The van der Waals surface area contributed by atoms with Gasteiger partial charge in [-0.25, -0.2) is 4.39 Å². The average Bonchev–Trinajstić information content (AvgIpc) is 2.54. The van der Waals surface area contributed by atoms with E-state index in [1.165, 1.54) is 6.92 Å². The van der Waals surface area contributed by atoms with Crippen molar-refractivity contribution in [3.05, 3.63) is 0 Å². The standard InChI is InChI=1S/C9H13FO4/c1-5(11)13-4-9-2-7(10)6(3-14-9)8(9)12/h6-8,12H,2-4H2,1H3/t6-,7-,8+,9-/m1/s1. The van der Waals surface area contributed by atoms with Crippen LogP contribution in [0.5, 0.6) is 0 Å². The molecule has 14 heavy (non-hydrogen) atoms. The zero-order chi connectivity index (χ0) is 10.3. The van der Waals surface area contributed by atoms with Gasteiger partial charge in [-0.15, -0.1) is 0 Å². The van der Waals surface area contributed by atoms with E-state index >= 15 is 0 Å². The molecule has 0 aromatic rings. The van der Waals surface area contributed by atoms with Gasteiger partial charge < -0.3 is 14.6 Å². The van der Waals surface area contributed by atoms with Crippen LogP contribution in [0.15, 0.2) is 0 Å². The number of carbonyl (C=O) groups excluding carboxylic acids is 1. The molecule has 2 rings (SSSR count). The minimum Gasteiger partial charge on any atom is -0.463 e. The lowest BCUT2D eigenvalue weighted by Crippen LogP contribution is -2.42. The molecule has 0 unspecified atom stereocenters. The van der Waals surface area contributed by atoms with Crippen molar-refractivity contribution in [1.29, 1.82) is 0 Å². The summed E-state index contributed by atoms with van der Waals surface area (Å²) in [5.74, 6) is -0.897. The summed E-state index contributed by atoms with van der Waals surface area (Å²) < 4.78 is 23.3. The Bertz CT molecular complexity index is 257. The first-order valence-electron chi connectivity index (χ1n) is 4.65. The van der Waals surface area contributed by atoms with Crippen molar-refractivity contribution < 1.29 is 23.8 Å². The van der Waals surface area contributed by atoms with E-state index in [9.17, 15) is 14.3 Å². The SMILES string of the molecule is CC(=O)OC[C@@]12C[C@@H](F)[C@@H](CO1)[C@@H]2O. The monoisotopic (exact) mass is 204 g/mol. The van der Waals surface area contributed by atoms with Crippen LogP contribution in [0.4, 0.5) is 4.39 Å². The van der Waals surface area contributed by atoms with E-state index in [2.05, 4.69) is 0 Å². The van der Waals surface area contributed by atoms with Crippen LogP contribution in [0.1, 0.15) is 13.3 Å². The number of aliphatic hydroxyl groups is 1. The molecule has 0 amide bonds. The van der Waals surface area contributed by atoms with Crippen molar-refractivity contribution >= 4 is 5.97 Å². The number of alkyl halides is 1. The lowest BCUT2D eigenvalue weighted by atomic mass is 10.0. The van der Waals surface area contributed by atoms with Gasteiger partial charge in [0.1, 0.15) is 18.4 Å². The Morgan fingerprint density at radius 2 is 2.50 bits per heavy atom. The molecule has 1 saturated heterocycles. The number of halogens is 1. The van der Waals surface area contributed by atoms with Gasteiger partial charge in [-0.1, -0.05) is 0 Å². The molecule has 4 atom stereocenters. The number of aliphatic hydroxyl groups excluding tert-OH is 1. The van der Waals surface area contributed by atoms with Crippen LogP contribution in [-0.2, 0) is 14.3 Å². The summed E-state index contributed by atoms with van der Waals surface area (Å²) in [5.41, 5.74) is -0.990. The Hall–Kier alpha value is -0.680. The molecule has 0 aromatic heterocycles. The second-order valence-electron chi connectivity index (χ2n) is 3.98. The highest BCUT2D eigenvalue weighted by molar-refractivity contribution is 5.66. The number of hydrogen-bond acceptors (Lipinski definition) is 4. The van der Waals surface area contributed by atoms with Gasteiger partial charge in [0.25, 0.3) is 0 Å². The van der Waals surface area contributed by atoms with Crippen molar-refractivity contribution in [2.75, 3.05) is 13.2 Å². The second kappa shape index (κ2) is 3.17. The molecule has 1 saturated carbocycles. The number of esters is 1. The Morgan fingerprint density at radius 3 is 2.93 bits per heavy atom. The Balaban J connectivity index is 2.05. The quantitative estimate of drug-likeness (QED) is 0.645. The van der Waals surface area contributed by atoms with Crippen molar-refractivity contribution in [2.45, 2.75) is 31.2 Å². The van der Waals surface area contributed by atoms with Gasteiger partial charge in [0.15, 0.2) is 0 Å². The van der Waals surface area contributed by atoms with E-state index in [-0.39, 0.29) is 19.6 Å². The number of ether oxygens (including phenoxy) is 2. The minimum atomic E-state index is -1.05. The molecule has 1 heterocycles. The summed E-state index contributed by atoms with van der Waals surface area (Å²) in [6, 6.07) is 0. The number of carbonyl (C=O) groups is 1. The molecule has 1 aliphatic heterocycles. The molecule has 5 heteroatoms. The highest BCUT2D eigenvalue weighted by atomic mass is 19.1. The van der Waals surface area contributed by atoms with E-state index in [0.29, 0.717) is 0 Å². The Morgan fingerprint density at radius 1 is 1.79 bits per heavy atom. The van der Waals surface area contributed by atoms with Gasteiger partial charge in [0, 0.05) is 19.3 Å². The summed E-state index contributed by atoms with van der Waals surface area (Å²) in [7, 11) is 0. The van der Waals surface area contributed by atoms with Crippen LogP contribution in [0.3, 0.4) is 0 Å². The van der Waals surface area contributed by atoms with E-state index in [0.717, 1.165) is 0 Å². The third-order valence-corrected chi connectivity index (χ3v) is 3.03. The molecule has 1 N–H and O–H groups in total. The highest BCUT2D eigenvalue weighted by Crippen LogP contribution is 2.46.